The highest BCUT2D eigenvalue weighted by Gasteiger charge is 2.18. The van der Waals surface area contributed by atoms with Gasteiger partial charge in [-0.25, -0.2) is 4.79 Å². The number of hydrogen-bond donors (Lipinski definition) is 2. The van der Waals surface area contributed by atoms with Crippen LogP contribution in [0.5, 0.6) is 0 Å². The summed E-state index contributed by atoms with van der Waals surface area (Å²) in [5, 5.41) is 2.54. The first-order valence-electron chi connectivity index (χ1n) is 4.66. The number of carbonyl (C=O) groups is 2. The summed E-state index contributed by atoms with van der Waals surface area (Å²) in [7, 11) is 1.31. The van der Waals surface area contributed by atoms with Gasteiger partial charge < -0.3 is 15.8 Å². The zero-order valence-corrected chi connectivity index (χ0v) is 8.71. The van der Waals surface area contributed by atoms with E-state index in [1.165, 1.54) is 14.0 Å². The molecule has 0 aromatic heterocycles. The number of rotatable bonds is 6. The lowest BCUT2D eigenvalue weighted by molar-refractivity contribution is -0.145. The fraction of sp³-hybridized carbons (Fsp3) is 0.778. The van der Waals surface area contributed by atoms with Crippen molar-refractivity contribution in [1.82, 2.24) is 5.32 Å². The van der Waals surface area contributed by atoms with E-state index in [1.54, 1.807) is 0 Å². The van der Waals surface area contributed by atoms with Crippen molar-refractivity contribution in [2.24, 2.45) is 5.73 Å². The fourth-order valence-corrected chi connectivity index (χ4v) is 1.13. The predicted octanol–water partition coefficient (Wildman–Crippen LogP) is -0.207. The van der Waals surface area contributed by atoms with Crippen LogP contribution >= 0.6 is 0 Å². The zero-order chi connectivity index (χ0) is 11.0. The maximum absolute atomic E-state index is 11.2. The van der Waals surface area contributed by atoms with E-state index >= 15 is 0 Å². The summed E-state index contributed by atoms with van der Waals surface area (Å²) in [5.41, 5.74) is 5.32. The van der Waals surface area contributed by atoms with Gasteiger partial charge in [-0.1, -0.05) is 0 Å². The molecule has 0 saturated heterocycles. The van der Waals surface area contributed by atoms with Gasteiger partial charge >= 0.3 is 5.97 Å². The summed E-state index contributed by atoms with van der Waals surface area (Å²) in [4.78, 5) is 21.9. The normalized spacial score (nSPS) is 11.9. The number of nitrogens with two attached hydrogens (primary N) is 1. The molecule has 0 aliphatic heterocycles. The van der Waals surface area contributed by atoms with Gasteiger partial charge in [0, 0.05) is 6.92 Å². The van der Waals surface area contributed by atoms with Gasteiger partial charge in [-0.2, -0.15) is 0 Å². The smallest absolute Gasteiger partial charge is 0.328 e. The summed E-state index contributed by atoms with van der Waals surface area (Å²) in [6, 6.07) is -0.538. The summed E-state index contributed by atoms with van der Waals surface area (Å²) < 4.78 is 4.56. The van der Waals surface area contributed by atoms with Crippen molar-refractivity contribution in [2.75, 3.05) is 13.7 Å². The standard InChI is InChI=1S/C9H18N2O3/c1-7(12)11-8(9(13)14-2)5-3-4-6-10/h8H,3-6,10H2,1-2H3,(H,11,12). The molecule has 0 aromatic carbocycles. The molecule has 0 spiro atoms. The van der Waals surface area contributed by atoms with Crippen molar-refractivity contribution >= 4 is 11.9 Å². The lowest BCUT2D eigenvalue weighted by Crippen LogP contribution is -2.40. The van der Waals surface area contributed by atoms with Crippen molar-refractivity contribution in [3.8, 4) is 0 Å². The lowest BCUT2D eigenvalue weighted by atomic mass is 10.1. The molecular weight excluding hydrogens is 184 g/mol. The highest BCUT2D eigenvalue weighted by Crippen LogP contribution is 2.02. The van der Waals surface area contributed by atoms with Crippen molar-refractivity contribution in [3.63, 3.8) is 0 Å². The predicted molar refractivity (Wildman–Crippen MR) is 52.5 cm³/mol. The third-order valence-corrected chi connectivity index (χ3v) is 1.81. The SMILES string of the molecule is COC(=O)C(CCCCN)NC(C)=O. The Morgan fingerprint density at radius 3 is 2.50 bits per heavy atom. The molecule has 0 radical (unpaired) electrons. The third kappa shape index (κ3) is 5.53. The first kappa shape index (κ1) is 12.9. The van der Waals surface area contributed by atoms with E-state index < -0.39 is 12.0 Å². The molecule has 0 rings (SSSR count). The van der Waals surface area contributed by atoms with Gasteiger partial charge in [0.15, 0.2) is 0 Å². The average molecular weight is 202 g/mol. The van der Waals surface area contributed by atoms with Crippen LogP contribution in [0.4, 0.5) is 0 Å². The van der Waals surface area contributed by atoms with Crippen LogP contribution in [0.15, 0.2) is 0 Å². The molecule has 0 fully saturated rings. The number of esters is 1. The van der Waals surface area contributed by atoms with Gasteiger partial charge in [0.25, 0.3) is 0 Å². The van der Waals surface area contributed by atoms with Crippen LogP contribution < -0.4 is 11.1 Å². The van der Waals surface area contributed by atoms with E-state index in [1.807, 2.05) is 0 Å². The van der Waals surface area contributed by atoms with Crippen LogP contribution in [0.2, 0.25) is 0 Å². The maximum atomic E-state index is 11.2. The van der Waals surface area contributed by atoms with E-state index in [0.29, 0.717) is 13.0 Å². The number of hydrogen-bond acceptors (Lipinski definition) is 4. The minimum Gasteiger partial charge on any atom is -0.467 e. The first-order valence-corrected chi connectivity index (χ1v) is 4.66. The molecular formula is C9H18N2O3. The first-order chi connectivity index (χ1) is 6.61. The van der Waals surface area contributed by atoms with Gasteiger partial charge in [0.1, 0.15) is 6.04 Å². The van der Waals surface area contributed by atoms with Crippen LogP contribution in [0.1, 0.15) is 26.2 Å². The van der Waals surface area contributed by atoms with Crippen molar-refractivity contribution in [1.29, 1.82) is 0 Å². The average Bonchev–Trinajstić information content (AvgIpc) is 2.15. The van der Waals surface area contributed by atoms with Gasteiger partial charge in [-0.05, 0) is 25.8 Å². The number of amides is 1. The quantitative estimate of drug-likeness (QED) is 0.461. The molecule has 82 valence electrons. The molecule has 0 aliphatic rings. The van der Waals surface area contributed by atoms with E-state index in [4.69, 9.17) is 5.73 Å². The summed E-state index contributed by atoms with van der Waals surface area (Å²) in [5.74, 6) is -0.634. The molecule has 14 heavy (non-hydrogen) atoms. The van der Waals surface area contributed by atoms with Crippen LogP contribution in [0.3, 0.4) is 0 Å². The van der Waals surface area contributed by atoms with Crippen LogP contribution in [0.25, 0.3) is 0 Å². The van der Waals surface area contributed by atoms with Gasteiger partial charge in [-0.3, -0.25) is 4.79 Å². The molecule has 0 aliphatic carbocycles. The zero-order valence-electron chi connectivity index (χ0n) is 8.71. The topological polar surface area (TPSA) is 81.4 Å². The second-order valence-corrected chi connectivity index (χ2v) is 3.06. The Hall–Kier alpha value is -1.10. The maximum Gasteiger partial charge on any atom is 0.328 e. The highest BCUT2D eigenvalue weighted by molar-refractivity contribution is 5.83. The second kappa shape index (κ2) is 7.32. The van der Waals surface area contributed by atoms with Crippen molar-refractivity contribution in [3.05, 3.63) is 0 Å². The molecule has 0 saturated carbocycles. The largest absolute Gasteiger partial charge is 0.467 e. The Bertz CT molecular complexity index is 194. The Morgan fingerprint density at radius 1 is 1.43 bits per heavy atom. The number of nitrogens with one attached hydrogen (secondary N) is 1. The number of carbonyl (C=O) groups excluding carboxylic acids is 2. The fourth-order valence-electron chi connectivity index (χ4n) is 1.13. The van der Waals surface area contributed by atoms with Crippen molar-refractivity contribution in [2.45, 2.75) is 32.2 Å². The van der Waals surface area contributed by atoms with Gasteiger partial charge in [0.2, 0.25) is 5.91 Å². The van der Waals surface area contributed by atoms with E-state index in [9.17, 15) is 9.59 Å². The minimum absolute atomic E-state index is 0.229. The second-order valence-electron chi connectivity index (χ2n) is 3.06. The van der Waals surface area contributed by atoms with Gasteiger partial charge in [-0.15, -0.1) is 0 Å². The molecule has 1 unspecified atom stereocenters. The molecule has 1 amide bonds. The monoisotopic (exact) mass is 202 g/mol. The molecule has 5 heteroatoms. The molecule has 3 N–H and O–H groups in total. The summed E-state index contributed by atoms with van der Waals surface area (Å²) >= 11 is 0. The molecule has 0 heterocycles. The highest BCUT2D eigenvalue weighted by atomic mass is 16.5. The van der Waals surface area contributed by atoms with Crippen LogP contribution in [-0.2, 0) is 14.3 Å². The molecule has 5 nitrogen and oxygen atoms in total. The number of unbranched alkanes of at least 4 members (excludes halogenated alkanes) is 1. The van der Waals surface area contributed by atoms with E-state index in [0.717, 1.165) is 12.8 Å². The Kier molecular flexibility index (Phi) is 6.74. The van der Waals surface area contributed by atoms with Crippen LogP contribution in [0, 0.1) is 0 Å². The van der Waals surface area contributed by atoms with Crippen LogP contribution in [-0.4, -0.2) is 31.6 Å². The molecule has 0 bridgehead atoms. The van der Waals surface area contributed by atoms with E-state index in [-0.39, 0.29) is 5.91 Å². The molecule has 0 aromatic rings. The third-order valence-electron chi connectivity index (χ3n) is 1.81. The summed E-state index contributed by atoms with van der Waals surface area (Å²) in [6.45, 7) is 1.97. The van der Waals surface area contributed by atoms with Crippen molar-refractivity contribution < 1.29 is 14.3 Å². The lowest BCUT2D eigenvalue weighted by Gasteiger charge is -2.14. The number of methoxy groups -OCH3 is 1. The minimum atomic E-state index is -0.538. The molecule has 1 atom stereocenters. The Morgan fingerprint density at radius 2 is 2.07 bits per heavy atom. The van der Waals surface area contributed by atoms with Gasteiger partial charge in [0.05, 0.1) is 7.11 Å². The summed E-state index contributed by atoms with van der Waals surface area (Å²) in [6.07, 6.45) is 2.22. The van der Waals surface area contributed by atoms with E-state index in [2.05, 4.69) is 10.1 Å². The number of ether oxygens (including phenoxy) is 1. The Labute approximate surface area is 84.0 Å². The Balaban J connectivity index is 3.97.